The molecule has 1 aromatic heterocycles. The van der Waals surface area contributed by atoms with Gasteiger partial charge >= 0.3 is 6.18 Å². The van der Waals surface area contributed by atoms with E-state index in [0.717, 1.165) is 12.1 Å². The normalized spacial score (nSPS) is 11.4. The number of aldehydes is 1. The van der Waals surface area contributed by atoms with Crippen LogP contribution in [0.5, 0.6) is 0 Å². The molecule has 6 heteroatoms. The second kappa shape index (κ2) is 4.79. The average molecular weight is 269 g/mol. The van der Waals surface area contributed by atoms with Gasteiger partial charge in [0, 0.05) is 5.56 Å². The van der Waals surface area contributed by atoms with Crippen LogP contribution in [-0.4, -0.2) is 11.3 Å². The molecule has 2 rings (SSSR count). The summed E-state index contributed by atoms with van der Waals surface area (Å²) in [5.74, 6) is -0.799. The third-order valence-electron chi connectivity index (χ3n) is 2.46. The summed E-state index contributed by atoms with van der Waals surface area (Å²) in [6, 6.07) is 6.88. The van der Waals surface area contributed by atoms with Gasteiger partial charge in [-0.3, -0.25) is 4.79 Å². The number of carbonyl (C=O) groups is 1. The summed E-state index contributed by atoms with van der Waals surface area (Å²) in [5.41, 5.74) is -1.04. The highest BCUT2D eigenvalue weighted by molar-refractivity contribution is 5.77. The number of pyridine rings is 1. The minimum absolute atomic E-state index is 0.00817. The molecule has 0 amide bonds. The zero-order valence-corrected chi connectivity index (χ0v) is 9.41. The molecule has 98 valence electrons. The van der Waals surface area contributed by atoms with Gasteiger partial charge in [-0.1, -0.05) is 12.1 Å². The number of carbonyl (C=O) groups excluding carboxylic acids is 1. The molecule has 1 heterocycles. The van der Waals surface area contributed by atoms with E-state index in [2.05, 4.69) is 4.98 Å². The summed E-state index contributed by atoms with van der Waals surface area (Å²) >= 11 is 0. The molecule has 2 aromatic rings. The van der Waals surface area contributed by atoms with Gasteiger partial charge in [-0.05, 0) is 24.3 Å². The molecule has 0 N–H and O–H groups in total. The predicted molar refractivity (Wildman–Crippen MR) is 60.0 cm³/mol. The number of hydrogen-bond acceptors (Lipinski definition) is 2. The van der Waals surface area contributed by atoms with Gasteiger partial charge in [-0.15, -0.1) is 0 Å². The molecule has 1 aromatic carbocycles. The Morgan fingerprint density at radius 3 is 2.42 bits per heavy atom. The van der Waals surface area contributed by atoms with Gasteiger partial charge in [0.05, 0.1) is 11.3 Å². The monoisotopic (exact) mass is 269 g/mol. The third-order valence-corrected chi connectivity index (χ3v) is 2.46. The van der Waals surface area contributed by atoms with E-state index in [-0.39, 0.29) is 16.8 Å². The highest BCUT2D eigenvalue weighted by Gasteiger charge is 2.32. The van der Waals surface area contributed by atoms with Crippen LogP contribution < -0.4 is 0 Å². The molecule has 2 nitrogen and oxygen atoms in total. The van der Waals surface area contributed by atoms with Gasteiger partial charge in [0.1, 0.15) is 11.5 Å². The van der Waals surface area contributed by atoms with Gasteiger partial charge in [0.25, 0.3) is 0 Å². The Bertz CT molecular complexity index is 622. The van der Waals surface area contributed by atoms with Crippen LogP contribution in [-0.2, 0) is 6.18 Å². The Hall–Kier alpha value is -2.24. The Labute approximate surface area is 105 Å². The predicted octanol–water partition coefficient (Wildman–Crippen LogP) is 3.72. The van der Waals surface area contributed by atoms with Crippen LogP contribution in [0.4, 0.5) is 17.6 Å². The van der Waals surface area contributed by atoms with Crippen molar-refractivity contribution in [2.75, 3.05) is 0 Å². The highest BCUT2D eigenvalue weighted by Crippen LogP contribution is 2.29. The third kappa shape index (κ3) is 2.78. The quantitative estimate of drug-likeness (QED) is 0.614. The van der Waals surface area contributed by atoms with E-state index in [1.165, 1.54) is 24.3 Å². The summed E-state index contributed by atoms with van der Waals surface area (Å²) in [5, 5.41) is 0. The van der Waals surface area contributed by atoms with Gasteiger partial charge in [-0.25, -0.2) is 9.37 Å². The lowest BCUT2D eigenvalue weighted by Gasteiger charge is -2.08. The molecule has 0 bridgehead atoms. The molecular weight excluding hydrogens is 262 g/mol. The van der Waals surface area contributed by atoms with Crippen molar-refractivity contribution in [3.8, 4) is 11.3 Å². The fourth-order valence-corrected chi connectivity index (χ4v) is 1.54. The van der Waals surface area contributed by atoms with E-state index in [4.69, 9.17) is 0 Å². The van der Waals surface area contributed by atoms with Crippen molar-refractivity contribution < 1.29 is 22.4 Å². The topological polar surface area (TPSA) is 30.0 Å². The van der Waals surface area contributed by atoms with Crippen molar-refractivity contribution in [2.45, 2.75) is 6.18 Å². The second-order valence-corrected chi connectivity index (χ2v) is 3.76. The number of aromatic nitrogens is 1. The highest BCUT2D eigenvalue weighted by atomic mass is 19.4. The maximum absolute atomic E-state index is 13.4. The molecule has 0 aliphatic heterocycles. The first-order chi connectivity index (χ1) is 8.91. The van der Waals surface area contributed by atoms with E-state index in [9.17, 15) is 22.4 Å². The van der Waals surface area contributed by atoms with Crippen LogP contribution in [0.25, 0.3) is 11.3 Å². The first-order valence-corrected chi connectivity index (χ1v) is 5.21. The molecule has 0 unspecified atom stereocenters. The summed E-state index contributed by atoms with van der Waals surface area (Å²) in [7, 11) is 0. The first-order valence-electron chi connectivity index (χ1n) is 5.21. The molecule has 0 spiro atoms. The molecule has 0 aliphatic rings. The summed E-state index contributed by atoms with van der Waals surface area (Å²) < 4.78 is 50.9. The number of nitrogens with zero attached hydrogens (tertiary/aromatic N) is 1. The molecule has 19 heavy (non-hydrogen) atoms. The number of benzene rings is 1. The van der Waals surface area contributed by atoms with Crippen molar-refractivity contribution >= 4 is 6.29 Å². The Morgan fingerprint density at radius 2 is 1.84 bits per heavy atom. The SMILES string of the molecule is O=Cc1ccc(-c2cccc(C(F)(F)F)n2)cc1F. The van der Waals surface area contributed by atoms with Crippen LogP contribution >= 0.6 is 0 Å². The summed E-state index contributed by atoms with van der Waals surface area (Å²) in [6.07, 6.45) is -4.23. The van der Waals surface area contributed by atoms with E-state index in [1.807, 2.05) is 0 Å². The minimum atomic E-state index is -4.56. The van der Waals surface area contributed by atoms with Gasteiger partial charge < -0.3 is 0 Å². The van der Waals surface area contributed by atoms with E-state index in [0.29, 0.717) is 6.29 Å². The van der Waals surface area contributed by atoms with Gasteiger partial charge in [-0.2, -0.15) is 13.2 Å². The van der Waals surface area contributed by atoms with Crippen molar-refractivity contribution in [2.24, 2.45) is 0 Å². The molecule has 0 aliphatic carbocycles. The van der Waals surface area contributed by atoms with Gasteiger partial charge in [0.15, 0.2) is 6.29 Å². The molecule has 0 atom stereocenters. The number of halogens is 4. The minimum Gasteiger partial charge on any atom is -0.298 e. The lowest BCUT2D eigenvalue weighted by molar-refractivity contribution is -0.141. The number of hydrogen-bond donors (Lipinski definition) is 0. The lowest BCUT2D eigenvalue weighted by atomic mass is 10.1. The first kappa shape index (κ1) is 13.2. The van der Waals surface area contributed by atoms with Crippen molar-refractivity contribution in [3.05, 3.63) is 53.5 Å². The van der Waals surface area contributed by atoms with Crippen molar-refractivity contribution in [1.82, 2.24) is 4.98 Å². The Morgan fingerprint density at radius 1 is 1.11 bits per heavy atom. The molecule has 0 radical (unpaired) electrons. The fourth-order valence-electron chi connectivity index (χ4n) is 1.54. The Kier molecular flexibility index (Phi) is 3.33. The lowest BCUT2D eigenvalue weighted by Crippen LogP contribution is -2.08. The zero-order valence-electron chi connectivity index (χ0n) is 9.41. The largest absolute Gasteiger partial charge is 0.433 e. The van der Waals surface area contributed by atoms with Crippen molar-refractivity contribution in [1.29, 1.82) is 0 Å². The van der Waals surface area contributed by atoms with E-state index >= 15 is 0 Å². The second-order valence-electron chi connectivity index (χ2n) is 3.76. The molecule has 0 fully saturated rings. The van der Waals surface area contributed by atoms with Crippen LogP contribution in [0.3, 0.4) is 0 Å². The van der Waals surface area contributed by atoms with Crippen molar-refractivity contribution in [3.63, 3.8) is 0 Å². The molecule has 0 saturated heterocycles. The number of alkyl halides is 3. The standard InChI is InChI=1S/C13H7F4NO/c14-10-6-8(4-5-9(10)7-19)11-2-1-3-12(18-11)13(15,16)17/h1-7H. The fraction of sp³-hybridized carbons (Fsp3) is 0.0769. The van der Waals surface area contributed by atoms with Crippen LogP contribution in [0.15, 0.2) is 36.4 Å². The summed E-state index contributed by atoms with van der Waals surface area (Å²) in [4.78, 5) is 13.9. The maximum atomic E-state index is 13.4. The molecular formula is C13H7F4NO. The van der Waals surface area contributed by atoms with Gasteiger partial charge in [0.2, 0.25) is 0 Å². The maximum Gasteiger partial charge on any atom is 0.433 e. The molecule has 0 saturated carbocycles. The zero-order chi connectivity index (χ0) is 14.0. The Balaban J connectivity index is 2.48. The van der Waals surface area contributed by atoms with E-state index in [1.54, 1.807) is 0 Å². The average Bonchev–Trinajstić information content (AvgIpc) is 2.38. The van der Waals surface area contributed by atoms with Crippen LogP contribution in [0, 0.1) is 5.82 Å². The number of rotatable bonds is 2. The van der Waals surface area contributed by atoms with E-state index < -0.39 is 17.7 Å². The van der Waals surface area contributed by atoms with Crippen LogP contribution in [0.2, 0.25) is 0 Å². The smallest absolute Gasteiger partial charge is 0.298 e. The summed E-state index contributed by atoms with van der Waals surface area (Å²) in [6.45, 7) is 0. The van der Waals surface area contributed by atoms with Crippen LogP contribution in [0.1, 0.15) is 16.1 Å².